The van der Waals surface area contributed by atoms with Gasteiger partial charge in [-0.1, -0.05) is 18.2 Å². The molecule has 0 saturated carbocycles. The summed E-state index contributed by atoms with van der Waals surface area (Å²) in [7, 11) is 2.21. The maximum Gasteiger partial charge on any atom is 0.132 e. The fourth-order valence-corrected chi connectivity index (χ4v) is 3.77. The summed E-state index contributed by atoms with van der Waals surface area (Å²) < 4.78 is 8.29. The standard InChI is InChI=1S/C19H26N4O/c1-22-11-8-15(9-12-22)23-19-7-10-20-13-17(19)18(21-23)14-24-16-5-3-2-4-6-16/h2-6,15,20H,7-14H2,1H3. The Hall–Kier alpha value is -1.85. The van der Waals surface area contributed by atoms with Gasteiger partial charge in [-0.2, -0.15) is 5.10 Å². The maximum atomic E-state index is 5.96. The zero-order valence-electron chi connectivity index (χ0n) is 14.4. The second kappa shape index (κ2) is 6.95. The van der Waals surface area contributed by atoms with E-state index in [-0.39, 0.29) is 0 Å². The molecule has 2 aliphatic heterocycles. The number of nitrogens with one attached hydrogen (secondary N) is 1. The number of ether oxygens (including phenoxy) is 1. The van der Waals surface area contributed by atoms with Gasteiger partial charge in [0.15, 0.2) is 0 Å². The van der Waals surface area contributed by atoms with Gasteiger partial charge in [0.2, 0.25) is 0 Å². The van der Waals surface area contributed by atoms with E-state index in [1.165, 1.54) is 24.1 Å². The largest absolute Gasteiger partial charge is 0.487 e. The number of para-hydroxylation sites is 1. The van der Waals surface area contributed by atoms with Crippen molar-refractivity contribution in [3.05, 3.63) is 47.3 Å². The normalized spacial score (nSPS) is 19.2. The van der Waals surface area contributed by atoms with E-state index in [2.05, 4.69) is 21.9 Å². The van der Waals surface area contributed by atoms with Crippen LogP contribution in [0.5, 0.6) is 5.75 Å². The van der Waals surface area contributed by atoms with Crippen LogP contribution in [0, 0.1) is 0 Å². The molecule has 1 aromatic heterocycles. The van der Waals surface area contributed by atoms with Crippen LogP contribution in [-0.4, -0.2) is 41.4 Å². The first-order chi connectivity index (χ1) is 11.8. The van der Waals surface area contributed by atoms with Gasteiger partial charge in [-0.15, -0.1) is 0 Å². The molecule has 0 amide bonds. The zero-order valence-corrected chi connectivity index (χ0v) is 14.4. The molecule has 0 radical (unpaired) electrons. The second-order valence-corrected chi connectivity index (χ2v) is 6.88. The summed E-state index contributed by atoms with van der Waals surface area (Å²) in [6.45, 7) is 4.83. The summed E-state index contributed by atoms with van der Waals surface area (Å²) in [5.74, 6) is 0.906. The van der Waals surface area contributed by atoms with E-state index in [0.29, 0.717) is 12.6 Å². The molecule has 1 aromatic carbocycles. The van der Waals surface area contributed by atoms with Gasteiger partial charge >= 0.3 is 0 Å². The summed E-state index contributed by atoms with van der Waals surface area (Å²) >= 11 is 0. The van der Waals surface area contributed by atoms with Gasteiger partial charge in [0.25, 0.3) is 0 Å². The maximum absolute atomic E-state index is 5.96. The average molecular weight is 326 g/mol. The van der Waals surface area contributed by atoms with Gasteiger partial charge < -0.3 is 15.0 Å². The number of piperidine rings is 1. The molecule has 128 valence electrons. The number of nitrogens with zero attached hydrogens (tertiary/aromatic N) is 3. The Bertz CT molecular complexity index is 674. The molecule has 2 aromatic rings. The molecule has 5 nitrogen and oxygen atoms in total. The zero-order chi connectivity index (χ0) is 16.4. The molecule has 24 heavy (non-hydrogen) atoms. The Morgan fingerprint density at radius 2 is 2.00 bits per heavy atom. The predicted molar refractivity (Wildman–Crippen MR) is 94.2 cm³/mol. The number of fused-ring (bicyclic) bond motifs is 1. The number of benzene rings is 1. The smallest absolute Gasteiger partial charge is 0.132 e. The summed E-state index contributed by atoms with van der Waals surface area (Å²) in [5, 5.41) is 8.47. The lowest BCUT2D eigenvalue weighted by molar-refractivity contribution is 0.208. The van der Waals surface area contributed by atoms with Crippen molar-refractivity contribution in [1.29, 1.82) is 0 Å². The quantitative estimate of drug-likeness (QED) is 0.937. The van der Waals surface area contributed by atoms with E-state index < -0.39 is 0 Å². The van der Waals surface area contributed by atoms with E-state index in [9.17, 15) is 0 Å². The van der Waals surface area contributed by atoms with Crippen molar-refractivity contribution < 1.29 is 4.74 Å². The van der Waals surface area contributed by atoms with Gasteiger partial charge in [-0.05, 0) is 45.1 Å². The van der Waals surface area contributed by atoms with Gasteiger partial charge in [0.1, 0.15) is 18.1 Å². The van der Waals surface area contributed by atoms with Gasteiger partial charge in [-0.25, -0.2) is 0 Å². The molecule has 0 spiro atoms. The molecular formula is C19H26N4O. The molecule has 0 unspecified atom stereocenters. The molecule has 1 fully saturated rings. The number of rotatable bonds is 4. The molecule has 1 saturated heterocycles. The monoisotopic (exact) mass is 326 g/mol. The minimum atomic E-state index is 0.540. The van der Waals surface area contributed by atoms with E-state index in [1.54, 1.807) is 0 Å². The summed E-state index contributed by atoms with van der Waals surface area (Å²) in [4.78, 5) is 2.41. The van der Waals surface area contributed by atoms with Crippen LogP contribution in [0.4, 0.5) is 0 Å². The van der Waals surface area contributed by atoms with Crippen molar-refractivity contribution in [2.45, 2.75) is 38.5 Å². The van der Waals surface area contributed by atoms with E-state index in [4.69, 9.17) is 9.84 Å². The highest BCUT2D eigenvalue weighted by Crippen LogP contribution is 2.28. The Labute approximate surface area is 143 Å². The molecule has 3 heterocycles. The van der Waals surface area contributed by atoms with Gasteiger partial charge in [-0.3, -0.25) is 4.68 Å². The Morgan fingerprint density at radius 3 is 2.79 bits per heavy atom. The first-order valence-electron chi connectivity index (χ1n) is 8.97. The third-order valence-corrected chi connectivity index (χ3v) is 5.19. The molecule has 1 N–H and O–H groups in total. The fraction of sp³-hybridized carbons (Fsp3) is 0.526. The molecular weight excluding hydrogens is 300 g/mol. The highest BCUT2D eigenvalue weighted by Gasteiger charge is 2.27. The molecule has 0 aliphatic carbocycles. The van der Waals surface area contributed by atoms with Crippen molar-refractivity contribution in [1.82, 2.24) is 20.0 Å². The highest BCUT2D eigenvalue weighted by molar-refractivity contribution is 5.30. The van der Waals surface area contributed by atoms with Crippen molar-refractivity contribution >= 4 is 0 Å². The number of hydrogen-bond acceptors (Lipinski definition) is 4. The van der Waals surface area contributed by atoms with Crippen LogP contribution < -0.4 is 10.1 Å². The minimum Gasteiger partial charge on any atom is -0.487 e. The Balaban J connectivity index is 1.55. The van der Waals surface area contributed by atoms with Crippen LogP contribution in [0.1, 0.15) is 35.8 Å². The highest BCUT2D eigenvalue weighted by atomic mass is 16.5. The molecule has 5 heteroatoms. The predicted octanol–water partition coefficient (Wildman–Crippen LogP) is 2.37. The molecule has 4 rings (SSSR count). The van der Waals surface area contributed by atoms with Crippen LogP contribution >= 0.6 is 0 Å². The summed E-state index contributed by atoms with van der Waals surface area (Å²) in [6.07, 6.45) is 3.45. The van der Waals surface area contributed by atoms with Crippen LogP contribution in [-0.2, 0) is 19.6 Å². The molecule has 0 bridgehead atoms. The van der Waals surface area contributed by atoms with Crippen LogP contribution in [0.3, 0.4) is 0 Å². The third-order valence-electron chi connectivity index (χ3n) is 5.19. The van der Waals surface area contributed by atoms with E-state index >= 15 is 0 Å². The van der Waals surface area contributed by atoms with Crippen LogP contribution in [0.2, 0.25) is 0 Å². The topological polar surface area (TPSA) is 42.3 Å². The number of likely N-dealkylation sites (tertiary alicyclic amines) is 1. The lowest BCUT2D eigenvalue weighted by Crippen LogP contribution is -2.33. The second-order valence-electron chi connectivity index (χ2n) is 6.88. The van der Waals surface area contributed by atoms with Crippen molar-refractivity contribution in [3.8, 4) is 5.75 Å². The SMILES string of the molecule is CN1CCC(n2nc(COc3ccccc3)c3c2CCNC3)CC1. The lowest BCUT2D eigenvalue weighted by Gasteiger charge is -2.30. The van der Waals surface area contributed by atoms with E-state index in [1.807, 2.05) is 30.3 Å². The van der Waals surface area contributed by atoms with Crippen molar-refractivity contribution in [2.24, 2.45) is 0 Å². The molecule has 2 aliphatic rings. The first-order valence-corrected chi connectivity index (χ1v) is 8.97. The van der Waals surface area contributed by atoms with Crippen LogP contribution in [0.25, 0.3) is 0 Å². The Kier molecular flexibility index (Phi) is 4.54. The average Bonchev–Trinajstić information content (AvgIpc) is 3.00. The van der Waals surface area contributed by atoms with Crippen molar-refractivity contribution in [3.63, 3.8) is 0 Å². The van der Waals surface area contributed by atoms with E-state index in [0.717, 1.165) is 44.0 Å². The minimum absolute atomic E-state index is 0.540. The lowest BCUT2D eigenvalue weighted by atomic mass is 10.0. The number of hydrogen-bond donors (Lipinski definition) is 1. The third kappa shape index (κ3) is 3.19. The number of aromatic nitrogens is 2. The summed E-state index contributed by atoms with van der Waals surface area (Å²) in [5.41, 5.74) is 3.88. The van der Waals surface area contributed by atoms with Crippen molar-refractivity contribution in [2.75, 3.05) is 26.7 Å². The van der Waals surface area contributed by atoms with Crippen LogP contribution in [0.15, 0.2) is 30.3 Å². The molecule has 0 atom stereocenters. The summed E-state index contributed by atoms with van der Waals surface area (Å²) in [6, 6.07) is 10.6. The fourth-order valence-electron chi connectivity index (χ4n) is 3.77. The van der Waals surface area contributed by atoms with Gasteiger partial charge in [0.05, 0.1) is 6.04 Å². The van der Waals surface area contributed by atoms with Gasteiger partial charge in [0, 0.05) is 30.8 Å². The first kappa shape index (κ1) is 15.7. The Morgan fingerprint density at radius 1 is 1.21 bits per heavy atom.